The number of benzene rings is 12. The first-order chi connectivity index (χ1) is 39.5. The van der Waals surface area contributed by atoms with Crippen molar-refractivity contribution in [3.05, 3.63) is 302 Å². The minimum absolute atomic E-state index is 0.106. The van der Waals surface area contributed by atoms with Gasteiger partial charge in [0.05, 0.1) is 22.4 Å². The van der Waals surface area contributed by atoms with E-state index in [0.717, 1.165) is 73.8 Å². The second-order valence-electron chi connectivity index (χ2n) is 21.1. The summed E-state index contributed by atoms with van der Waals surface area (Å²) < 4.78 is 2.45. The molecule has 3 heterocycles. The number of hydrogen-bond donors (Lipinski definition) is 0. The fourth-order valence-electron chi connectivity index (χ4n) is 12.7. The molecule has 0 radical (unpaired) electrons. The monoisotopic (exact) mass is 1020 g/mol. The van der Waals surface area contributed by atoms with Crippen LogP contribution in [0.3, 0.4) is 0 Å². The van der Waals surface area contributed by atoms with Gasteiger partial charge in [-0.15, -0.1) is 0 Å². The van der Waals surface area contributed by atoms with Crippen LogP contribution in [0.2, 0.25) is 0 Å². The van der Waals surface area contributed by atoms with Gasteiger partial charge in [0.25, 0.3) is 6.71 Å². The largest absolute Gasteiger partial charge is 0.311 e. The third kappa shape index (κ3) is 7.79. The molecule has 0 unspecified atom stereocenters. The van der Waals surface area contributed by atoms with Gasteiger partial charge in [-0.05, 0) is 157 Å². The Bertz CT molecular complexity index is 4390. The number of anilines is 12. The van der Waals surface area contributed by atoms with Crippen molar-refractivity contribution in [1.82, 2.24) is 4.57 Å². The first-order valence-corrected chi connectivity index (χ1v) is 27.6. The van der Waals surface area contributed by atoms with Gasteiger partial charge in [-0.1, -0.05) is 187 Å². The first kappa shape index (κ1) is 47.0. The zero-order chi connectivity index (χ0) is 53.3. The number of rotatable bonds is 10. The Morgan fingerprint density at radius 1 is 0.312 bits per heavy atom. The van der Waals surface area contributed by atoms with Crippen LogP contribution >= 0.6 is 0 Å². The molecule has 0 aliphatic carbocycles. The minimum Gasteiger partial charge on any atom is -0.311 e. The number of hydrogen-bond acceptors (Lipinski definition) is 4. The summed E-state index contributed by atoms with van der Waals surface area (Å²) in [5.41, 5.74) is 25.2. The van der Waals surface area contributed by atoms with Crippen molar-refractivity contribution in [2.24, 2.45) is 0 Å². The highest BCUT2D eigenvalue weighted by atomic mass is 15.2. The third-order valence-corrected chi connectivity index (χ3v) is 16.2. The van der Waals surface area contributed by atoms with Crippen LogP contribution in [-0.4, -0.2) is 11.3 Å². The molecule has 15 rings (SSSR count). The van der Waals surface area contributed by atoms with Crippen molar-refractivity contribution < 1.29 is 0 Å². The predicted molar refractivity (Wildman–Crippen MR) is 339 cm³/mol. The van der Waals surface area contributed by atoms with Crippen LogP contribution in [0.1, 0.15) is 11.1 Å². The Balaban J connectivity index is 1.04. The van der Waals surface area contributed by atoms with Crippen molar-refractivity contribution in [1.29, 1.82) is 0 Å². The molecule has 1 aromatic heterocycles. The van der Waals surface area contributed by atoms with Gasteiger partial charge >= 0.3 is 0 Å². The number of nitrogens with zero attached hydrogens (tertiary/aromatic N) is 5. The molecule has 0 atom stereocenters. The second-order valence-corrected chi connectivity index (χ2v) is 21.1. The third-order valence-electron chi connectivity index (χ3n) is 16.2. The van der Waals surface area contributed by atoms with Crippen LogP contribution in [0.15, 0.2) is 291 Å². The fraction of sp³-hybridized carbons (Fsp3) is 0.0270. The molecular formula is C74H54BN5. The van der Waals surface area contributed by atoms with Gasteiger partial charge < -0.3 is 24.2 Å². The van der Waals surface area contributed by atoms with Crippen LogP contribution in [0.4, 0.5) is 68.2 Å². The second kappa shape index (κ2) is 19.3. The Kier molecular flexibility index (Phi) is 11.3. The Morgan fingerprint density at radius 2 is 0.825 bits per heavy atom. The maximum absolute atomic E-state index is 2.55. The van der Waals surface area contributed by atoms with E-state index < -0.39 is 0 Å². The Labute approximate surface area is 467 Å². The normalized spacial score (nSPS) is 12.3. The highest BCUT2D eigenvalue weighted by Gasteiger charge is 2.44. The quantitative estimate of drug-likeness (QED) is 0.127. The van der Waals surface area contributed by atoms with Gasteiger partial charge in [0, 0.05) is 73.3 Å². The summed E-state index contributed by atoms with van der Waals surface area (Å²) in [5, 5.41) is 2.41. The molecule has 0 N–H and O–H groups in total. The smallest absolute Gasteiger partial charge is 0.252 e. The van der Waals surface area contributed by atoms with Crippen molar-refractivity contribution in [3.8, 4) is 16.8 Å². The molecule has 0 amide bonds. The minimum atomic E-state index is -0.106. The van der Waals surface area contributed by atoms with E-state index in [2.05, 4.69) is 329 Å². The van der Waals surface area contributed by atoms with Crippen LogP contribution < -0.4 is 36.0 Å². The van der Waals surface area contributed by atoms with E-state index in [1.165, 1.54) is 60.6 Å². The maximum atomic E-state index is 2.55. The fourth-order valence-corrected chi connectivity index (χ4v) is 12.7. The molecule has 0 bridgehead atoms. The van der Waals surface area contributed by atoms with Crippen LogP contribution in [0, 0.1) is 13.8 Å². The summed E-state index contributed by atoms with van der Waals surface area (Å²) in [5.74, 6) is 0. The van der Waals surface area contributed by atoms with E-state index >= 15 is 0 Å². The number of para-hydroxylation sites is 6. The first-order valence-electron chi connectivity index (χ1n) is 27.6. The summed E-state index contributed by atoms with van der Waals surface area (Å²) in [6, 6.07) is 107. The van der Waals surface area contributed by atoms with Gasteiger partial charge in [-0.3, -0.25) is 0 Å². The lowest BCUT2D eigenvalue weighted by molar-refractivity contribution is 1.17. The van der Waals surface area contributed by atoms with Crippen molar-refractivity contribution in [2.45, 2.75) is 13.8 Å². The molecule has 2 aliphatic heterocycles. The molecule has 0 fully saturated rings. The molecule has 12 aromatic carbocycles. The average molecular weight is 1020 g/mol. The average Bonchev–Trinajstić information content (AvgIpc) is 3.99. The molecular weight excluding hydrogens is 970 g/mol. The molecule has 0 saturated heterocycles. The van der Waals surface area contributed by atoms with Gasteiger partial charge in [-0.25, -0.2) is 0 Å². The van der Waals surface area contributed by atoms with Crippen LogP contribution in [-0.2, 0) is 0 Å². The lowest BCUT2D eigenvalue weighted by Crippen LogP contribution is -2.61. The molecule has 0 spiro atoms. The summed E-state index contributed by atoms with van der Waals surface area (Å²) in [4.78, 5) is 9.95. The summed E-state index contributed by atoms with van der Waals surface area (Å²) >= 11 is 0. The highest BCUT2D eigenvalue weighted by molar-refractivity contribution is 7.00. The van der Waals surface area contributed by atoms with Crippen molar-refractivity contribution in [2.75, 3.05) is 19.6 Å². The van der Waals surface area contributed by atoms with Crippen LogP contribution in [0.25, 0.3) is 38.6 Å². The van der Waals surface area contributed by atoms with Gasteiger partial charge in [0.15, 0.2) is 0 Å². The van der Waals surface area contributed by atoms with E-state index in [0.29, 0.717) is 0 Å². The zero-order valence-corrected chi connectivity index (χ0v) is 44.5. The number of aryl methyl sites for hydroxylation is 2. The molecule has 5 nitrogen and oxygen atoms in total. The summed E-state index contributed by atoms with van der Waals surface area (Å²) in [6.07, 6.45) is 0. The molecule has 2 aliphatic rings. The lowest BCUT2D eigenvalue weighted by Gasteiger charge is -2.45. The van der Waals surface area contributed by atoms with E-state index in [1.807, 2.05) is 0 Å². The van der Waals surface area contributed by atoms with E-state index in [1.54, 1.807) is 0 Å². The molecule has 0 saturated carbocycles. The molecule has 13 aromatic rings. The van der Waals surface area contributed by atoms with Crippen LogP contribution in [0.5, 0.6) is 0 Å². The highest BCUT2D eigenvalue weighted by Crippen LogP contribution is 2.50. The van der Waals surface area contributed by atoms with Gasteiger partial charge in [0.1, 0.15) is 0 Å². The van der Waals surface area contributed by atoms with Gasteiger partial charge in [-0.2, -0.15) is 0 Å². The molecule has 80 heavy (non-hydrogen) atoms. The van der Waals surface area contributed by atoms with E-state index in [4.69, 9.17) is 0 Å². The topological polar surface area (TPSA) is 17.9 Å². The summed E-state index contributed by atoms with van der Waals surface area (Å²) in [7, 11) is 0. The van der Waals surface area contributed by atoms with E-state index in [9.17, 15) is 0 Å². The van der Waals surface area contributed by atoms with E-state index in [-0.39, 0.29) is 6.71 Å². The SMILES string of the molecule is Cc1ccc(N2c3ccc(C)cc3B3c4ccc(N(c5ccccc5)c5cccc6c7ccccc7n(-c7ccccc7)c56)cc4N(c4ccc(-c5ccccc5)cc4)c4cc(N(c5ccccc5)c5ccccc5)cc2c43)cc1. The van der Waals surface area contributed by atoms with Crippen molar-refractivity contribution >= 4 is 113 Å². The molecule has 378 valence electrons. The molecule has 6 heteroatoms. The number of aromatic nitrogens is 1. The Morgan fingerprint density at radius 3 is 1.48 bits per heavy atom. The lowest BCUT2D eigenvalue weighted by atomic mass is 9.33. The van der Waals surface area contributed by atoms with Crippen molar-refractivity contribution in [3.63, 3.8) is 0 Å². The Hall–Kier alpha value is -10.3. The standard InChI is InChI=1S/C74H54BN5/c1-51-35-40-59(41-36-51)78-68-46-37-52(2)47-66(68)75-65-45-44-61(77(57-27-14-6-15-28-57)69-34-20-32-64-63-31-18-19-33-67(63)80(74(64)69)58-29-16-7-17-30-58)48-70(65)79(60-42-38-54(39-43-60)53-21-8-3-9-22-53)72-50-62(49-71(78)73(72)75)76(55-23-10-4-11-24-55)56-25-12-5-13-26-56/h3-50H,1-2H3. The number of fused-ring (bicyclic) bond motifs is 7. The van der Waals surface area contributed by atoms with Gasteiger partial charge in [0.2, 0.25) is 0 Å². The predicted octanol–water partition coefficient (Wildman–Crippen LogP) is 18.1. The summed E-state index contributed by atoms with van der Waals surface area (Å²) in [6.45, 7) is 4.29. The zero-order valence-electron chi connectivity index (χ0n) is 44.5. The maximum Gasteiger partial charge on any atom is 0.252 e.